The van der Waals surface area contributed by atoms with Crippen LogP contribution < -0.4 is 5.32 Å². The summed E-state index contributed by atoms with van der Waals surface area (Å²) in [6, 6.07) is 1.78. The highest BCUT2D eigenvalue weighted by Crippen LogP contribution is 2.22. The van der Waals surface area contributed by atoms with Gasteiger partial charge in [-0.25, -0.2) is 9.97 Å². The Morgan fingerprint density at radius 1 is 1.35 bits per heavy atom. The summed E-state index contributed by atoms with van der Waals surface area (Å²) in [6.45, 7) is 11.7. The lowest BCUT2D eigenvalue weighted by atomic mass is 9.90. The van der Waals surface area contributed by atoms with Crippen LogP contribution >= 0.6 is 11.6 Å². The summed E-state index contributed by atoms with van der Waals surface area (Å²) in [6.07, 6.45) is 1.12. The summed E-state index contributed by atoms with van der Waals surface area (Å²) in [5.41, 5.74) is 0.259. The Morgan fingerprint density at radius 3 is 2.53 bits per heavy atom. The largest absolute Gasteiger partial charge is 0.369 e. The molecule has 1 rings (SSSR count). The molecule has 0 aliphatic heterocycles. The third-order valence-corrected chi connectivity index (χ3v) is 3.13. The van der Waals surface area contributed by atoms with Gasteiger partial charge in [-0.1, -0.05) is 46.2 Å². The molecule has 1 aromatic rings. The Morgan fingerprint density at radius 2 is 2.00 bits per heavy atom. The smallest absolute Gasteiger partial charge is 0.135 e. The lowest BCUT2D eigenvalue weighted by Crippen LogP contribution is -2.22. The number of halogens is 1. The van der Waals surface area contributed by atoms with Crippen LogP contribution in [0, 0.1) is 5.41 Å². The van der Waals surface area contributed by atoms with Crippen LogP contribution in [0.1, 0.15) is 52.8 Å². The van der Waals surface area contributed by atoms with Crippen LogP contribution in [0.5, 0.6) is 0 Å². The van der Waals surface area contributed by atoms with Gasteiger partial charge in [0.1, 0.15) is 16.8 Å². The Balaban J connectivity index is 2.78. The van der Waals surface area contributed by atoms with E-state index in [9.17, 15) is 0 Å². The summed E-state index contributed by atoms with van der Waals surface area (Å²) < 4.78 is 0. The predicted molar refractivity (Wildman–Crippen MR) is 73.7 cm³/mol. The monoisotopic (exact) mass is 255 g/mol. The highest BCUT2D eigenvalue weighted by Gasteiger charge is 2.15. The van der Waals surface area contributed by atoms with E-state index in [1.807, 2.05) is 0 Å². The van der Waals surface area contributed by atoms with Gasteiger partial charge in [0.15, 0.2) is 0 Å². The fourth-order valence-electron chi connectivity index (χ4n) is 1.24. The molecule has 0 fully saturated rings. The molecule has 0 unspecified atom stereocenters. The van der Waals surface area contributed by atoms with E-state index in [4.69, 9.17) is 11.6 Å². The molecule has 4 heteroatoms. The number of nitrogens with zero attached hydrogens (tertiary/aromatic N) is 2. The van der Waals surface area contributed by atoms with Gasteiger partial charge in [0, 0.05) is 18.5 Å². The molecule has 0 amide bonds. The molecule has 0 aliphatic carbocycles. The fourth-order valence-corrected chi connectivity index (χ4v) is 1.43. The Kier molecular flexibility index (Phi) is 4.75. The second kappa shape index (κ2) is 5.67. The number of hydrogen-bond donors (Lipinski definition) is 1. The Labute approximate surface area is 109 Å². The van der Waals surface area contributed by atoms with E-state index < -0.39 is 0 Å². The maximum Gasteiger partial charge on any atom is 0.135 e. The third-order valence-electron chi connectivity index (χ3n) is 2.93. The number of nitrogens with one attached hydrogen (secondary N) is 1. The van der Waals surface area contributed by atoms with Crippen molar-refractivity contribution < 1.29 is 0 Å². The number of rotatable bonds is 5. The minimum absolute atomic E-state index is 0.259. The van der Waals surface area contributed by atoms with Gasteiger partial charge in [0.25, 0.3) is 0 Å². The van der Waals surface area contributed by atoms with Gasteiger partial charge in [-0.3, -0.25) is 0 Å². The summed E-state index contributed by atoms with van der Waals surface area (Å²) in [4.78, 5) is 8.68. The average Bonchev–Trinajstić information content (AvgIpc) is 2.26. The second-order valence-electron chi connectivity index (χ2n) is 5.46. The van der Waals surface area contributed by atoms with Crippen molar-refractivity contribution in [3.8, 4) is 0 Å². The van der Waals surface area contributed by atoms with Gasteiger partial charge in [-0.15, -0.1) is 0 Å². The van der Waals surface area contributed by atoms with E-state index in [1.54, 1.807) is 6.07 Å². The SMILES string of the molecule is CCC(C)(C)CNc1cc(Cl)nc(C(C)C)n1. The van der Waals surface area contributed by atoms with E-state index in [2.05, 4.69) is 49.9 Å². The molecule has 0 saturated heterocycles. The molecule has 1 heterocycles. The van der Waals surface area contributed by atoms with Crippen LogP contribution in [0.3, 0.4) is 0 Å². The maximum absolute atomic E-state index is 5.99. The lowest BCUT2D eigenvalue weighted by molar-refractivity contribution is 0.376. The fraction of sp³-hybridized carbons (Fsp3) is 0.692. The lowest BCUT2D eigenvalue weighted by Gasteiger charge is -2.23. The first-order chi connectivity index (χ1) is 7.84. The van der Waals surface area contributed by atoms with Gasteiger partial charge in [0.2, 0.25) is 0 Å². The van der Waals surface area contributed by atoms with Crippen LogP contribution in [-0.2, 0) is 0 Å². The van der Waals surface area contributed by atoms with Gasteiger partial charge in [0.05, 0.1) is 0 Å². The molecule has 17 heavy (non-hydrogen) atoms. The summed E-state index contributed by atoms with van der Waals surface area (Å²) in [7, 11) is 0. The normalized spacial score (nSPS) is 11.9. The van der Waals surface area contributed by atoms with E-state index in [-0.39, 0.29) is 11.3 Å². The second-order valence-corrected chi connectivity index (χ2v) is 5.85. The number of anilines is 1. The van der Waals surface area contributed by atoms with Crippen LogP contribution in [0.25, 0.3) is 0 Å². The van der Waals surface area contributed by atoms with Crippen molar-refractivity contribution >= 4 is 17.4 Å². The van der Waals surface area contributed by atoms with Gasteiger partial charge >= 0.3 is 0 Å². The molecule has 1 N–H and O–H groups in total. The minimum Gasteiger partial charge on any atom is -0.369 e. The van der Waals surface area contributed by atoms with Crippen molar-refractivity contribution in [3.63, 3.8) is 0 Å². The minimum atomic E-state index is 0.259. The molecule has 3 nitrogen and oxygen atoms in total. The molecule has 0 bridgehead atoms. The molecule has 0 spiro atoms. The molecule has 0 atom stereocenters. The van der Waals surface area contributed by atoms with Crippen LogP contribution in [0.4, 0.5) is 5.82 Å². The number of aromatic nitrogens is 2. The van der Waals surface area contributed by atoms with Crippen molar-refractivity contribution in [1.82, 2.24) is 9.97 Å². The van der Waals surface area contributed by atoms with Crippen molar-refractivity contribution in [1.29, 1.82) is 0 Å². The molecule has 0 aliphatic rings. The molecule has 0 saturated carbocycles. The number of hydrogen-bond acceptors (Lipinski definition) is 3. The van der Waals surface area contributed by atoms with Crippen molar-refractivity contribution in [2.24, 2.45) is 5.41 Å². The summed E-state index contributed by atoms with van der Waals surface area (Å²) in [5.74, 6) is 1.89. The molecule has 1 aromatic heterocycles. The predicted octanol–water partition coefficient (Wildman–Crippen LogP) is 4.10. The van der Waals surface area contributed by atoms with E-state index in [1.165, 1.54) is 0 Å². The molecule has 0 aromatic carbocycles. The van der Waals surface area contributed by atoms with E-state index in [0.29, 0.717) is 5.15 Å². The zero-order chi connectivity index (χ0) is 13.1. The summed E-state index contributed by atoms with van der Waals surface area (Å²) in [5, 5.41) is 3.84. The van der Waals surface area contributed by atoms with Crippen molar-refractivity contribution in [2.75, 3.05) is 11.9 Å². The molecule has 96 valence electrons. The standard InChI is InChI=1S/C13H22ClN3/c1-6-13(4,5)8-15-11-7-10(14)16-12(17-11)9(2)3/h7,9H,6,8H2,1-5H3,(H,15,16,17). The van der Waals surface area contributed by atoms with Gasteiger partial charge in [-0.05, 0) is 11.8 Å². The quantitative estimate of drug-likeness (QED) is 0.805. The first-order valence-electron chi connectivity index (χ1n) is 6.12. The van der Waals surface area contributed by atoms with Crippen LogP contribution in [0.15, 0.2) is 6.07 Å². The Hall–Kier alpha value is -0.830. The zero-order valence-electron chi connectivity index (χ0n) is 11.3. The molecular formula is C13H22ClN3. The van der Waals surface area contributed by atoms with Crippen LogP contribution in [-0.4, -0.2) is 16.5 Å². The highest BCUT2D eigenvalue weighted by molar-refractivity contribution is 6.29. The first kappa shape index (κ1) is 14.2. The maximum atomic E-state index is 5.99. The first-order valence-corrected chi connectivity index (χ1v) is 6.50. The van der Waals surface area contributed by atoms with Gasteiger partial charge < -0.3 is 5.32 Å². The molecule has 0 radical (unpaired) electrons. The van der Waals surface area contributed by atoms with Crippen molar-refractivity contribution in [3.05, 3.63) is 17.0 Å². The summed E-state index contributed by atoms with van der Waals surface area (Å²) >= 11 is 5.99. The highest BCUT2D eigenvalue weighted by atomic mass is 35.5. The topological polar surface area (TPSA) is 37.8 Å². The third kappa shape index (κ3) is 4.50. The Bertz CT molecular complexity index is 375. The average molecular weight is 256 g/mol. The van der Waals surface area contributed by atoms with Crippen molar-refractivity contribution in [2.45, 2.75) is 47.0 Å². The van der Waals surface area contributed by atoms with E-state index in [0.717, 1.165) is 24.6 Å². The van der Waals surface area contributed by atoms with E-state index >= 15 is 0 Å². The zero-order valence-corrected chi connectivity index (χ0v) is 12.1. The van der Waals surface area contributed by atoms with Crippen LogP contribution in [0.2, 0.25) is 5.15 Å². The van der Waals surface area contributed by atoms with Gasteiger partial charge in [-0.2, -0.15) is 0 Å². The molecular weight excluding hydrogens is 234 g/mol.